The number of nitrogens with one attached hydrogen (secondary N) is 1. The van der Waals surface area contributed by atoms with Crippen LogP contribution in [0, 0.1) is 17.8 Å². The Bertz CT molecular complexity index is 2340. The Morgan fingerprint density at radius 1 is 0.721 bits per heavy atom. The minimum Gasteiger partial charge on any atom is -0.481 e. The van der Waals surface area contributed by atoms with Gasteiger partial charge in [-0.1, -0.05) is 62.6 Å². The van der Waals surface area contributed by atoms with Crippen molar-refractivity contribution < 1.29 is 52.8 Å². The van der Waals surface area contributed by atoms with Crippen molar-refractivity contribution in [2.24, 2.45) is 17.8 Å². The van der Waals surface area contributed by atoms with Gasteiger partial charge in [-0.2, -0.15) is 15.3 Å². The molecule has 0 spiro atoms. The number of nitrogens with zero attached hydrogens (tertiary/aromatic N) is 5. The molecular formula is C51H66N6O11. The fourth-order valence-electron chi connectivity index (χ4n) is 7.37. The lowest BCUT2D eigenvalue weighted by Crippen LogP contribution is -2.19. The van der Waals surface area contributed by atoms with Crippen molar-refractivity contribution in [2.45, 2.75) is 105 Å². The molecule has 68 heavy (non-hydrogen) atoms. The first-order valence-corrected chi connectivity index (χ1v) is 22.2. The Balaban J connectivity index is 0.000000263. The van der Waals surface area contributed by atoms with Gasteiger partial charge >= 0.3 is 29.8 Å². The molecule has 3 aliphatic carbocycles. The normalized spacial score (nSPS) is 17.1. The molecule has 17 heteroatoms. The van der Waals surface area contributed by atoms with Crippen molar-refractivity contribution in [3.8, 4) is 0 Å². The van der Waals surface area contributed by atoms with E-state index in [9.17, 15) is 28.8 Å². The van der Waals surface area contributed by atoms with Crippen molar-refractivity contribution in [3.05, 3.63) is 121 Å². The van der Waals surface area contributed by atoms with Gasteiger partial charge in [0, 0.05) is 47.3 Å². The highest BCUT2D eigenvalue weighted by atomic mass is 16.5. The average Bonchev–Trinajstić information content (AvgIpc) is 4.19. The van der Waals surface area contributed by atoms with Gasteiger partial charge < -0.3 is 24.1 Å². The number of aromatic nitrogens is 6. The van der Waals surface area contributed by atoms with E-state index >= 15 is 0 Å². The monoisotopic (exact) mass is 938 g/mol. The molecule has 0 bridgehead atoms. The summed E-state index contributed by atoms with van der Waals surface area (Å²) in [6.45, 7) is 6.14. The highest BCUT2D eigenvalue weighted by Crippen LogP contribution is 2.32. The van der Waals surface area contributed by atoms with Crippen LogP contribution < -0.4 is 0 Å². The number of aliphatic carboxylic acids is 1. The molecule has 17 nitrogen and oxygen atoms in total. The molecule has 3 heterocycles. The molecule has 0 saturated heterocycles. The fraction of sp³-hybridized carbons (Fsp3) is 0.431. The minimum atomic E-state index is -0.728. The maximum Gasteiger partial charge on any atom is 0.329 e. The molecule has 2 N–H and O–H groups in total. The zero-order valence-corrected chi connectivity index (χ0v) is 38.8. The van der Waals surface area contributed by atoms with Crippen LogP contribution in [-0.4, -0.2) is 91.8 Å². The van der Waals surface area contributed by atoms with E-state index in [-0.39, 0.29) is 49.5 Å². The first kappa shape index (κ1) is 55.2. The van der Waals surface area contributed by atoms with Crippen molar-refractivity contribution in [1.29, 1.82) is 0 Å². The van der Waals surface area contributed by atoms with Crippen LogP contribution in [0.1, 0.15) is 107 Å². The number of H-pyrrole nitrogens is 1. The predicted molar refractivity (Wildman–Crippen MR) is 256 cm³/mol. The summed E-state index contributed by atoms with van der Waals surface area (Å²) in [6, 6.07) is 9.71. The number of aryl methyl sites for hydroxylation is 2. The molecule has 3 aromatic heterocycles. The Morgan fingerprint density at radius 3 is 1.62 bits per heavy atom. The first-order chi connectivity index (χ1) is 32.3. The molecule has 1 aromatic carbocycles. The van der Waals surface area contributed by atoms with Gasteiger partial charge in [0.05, 0.1) is 77.7 Å². The van der Waals surface area contributed by atoms with Crippen LogP contribution in [0.15, 0.2) is 98.4 Å². The van der Waals surface area contributed by atoms with Crippen LogP contribution in [0.2, 0.25) is 0 Å². The SMILES string of the molecule is C.C=CC(=O)OC.CC(=O)C1CC=C(c2cn[nH]c2)CC1.COC(=O)CCn1cc(C2=CCC(C(=O)O)CC2)cn1.COC(=O)CCn1cc(C2=CCC(C(=O)OCc3ccccc3)CC2)cn1. The lowest BCUT2D eigenvalue weighted by atomic mass is 9.85. The van der Waals surface area contributed by atoms with Crippen molar-refractivity contribution in [1.82, 2.24) is 29.8 Å². The van der Waals surface area contributed by atoms with Crippen LogP contribution in [0.3, 0.4) is 0 Å². The quantitative estimate of drug-likeness (QED) is 0.0651. The number of ether oxygens (including phenoxy) is 4. The van der Waals surface area contributed by atoms with E-state index in [2.05, 4.69) is 53.3 Å². The number of benzene rings is 1. The molecule has 0 radical (unpaired) electrons. The summed E-state index contributed by atoms with van der Waals surface area (Å²) in [5, 5.41) is 24.2. The molecule has 0 amide bonds. The molecular weight excluding hydrogens is 873 g/mol. The first-order valence-electron chi connectivity index (χ1n) is 22.2. The molecule has 4 aromatic rings. The molecule has 3 aliphatic rings. The number of carboxylic acids is 1. The second-order valence-electron chi connectivity index (χ2n) is 16.0. The topological polar surface area (TPSA) is 224 Å². The zero-order valence-electron chi connectivity index (χ0n) is 38.8. The molecule has 0 aliphatic heterocycles. The number of hydrogen-bond donors (Lipinski definition) is 2. The minimum absolute atomic E-state index is 0. The largest absolute Gasteiger partial charge is 0.481 e. The van der Waals surface area contributed by atoms with E-state index in [1.165, 1.54) is 32.5 Å². The Hall–Kier alpha value is -7.17. The van der Waals surface area contributed by atoms with E-state index in [0.29, 0.717) is 51.2 Å². The molecule has 3 atom stereocenters. The average molecular weight is 939 g/mol. The summed E-state index contributed by atoms with van der Waals surface area (Å²) in [5.41, 5.74) is 7.83. The van der Waals surface area contributed by atoms with Crippen molar-refractivity contribution >= 4 is 52.3 Å². The third-order valence-electron chi connectivity index (χ3n) is 11.5. The van der Waals surface area contributed by atoms with Crippen molar-refractivity contribution in [2.75, 3.05) is 21.3 Å². The van der Waals surface area contributed by atoms with Gasteiger partial charge in [0.2, 0.25) is 0 Å². The van der Waals surface area contributed by atoms with Gasteiger partial charge in [-0.3, -0.25) is 38.4 Å². The number of rotatable bonds is 15. The predicted octanol–water partition coefficient (Wildman–Crippen LogP) is 8.25. The summed E-state index contributed by atoms with van der Waals surface area (Å²) in [4.78, 5) is 66.4. The zero-order chi connectivity index (χ0) is 48.6. The third kappa shape index (κ3) is 18.6. The number of methoxy groups -OCH3 is 3. The number of Topliss-reactive ketones (excluding diaryl/α,β-unsaturated/α-hetero) is 1. The Labute approximate surface area is 398 Å². The summed E-state index contributed by atoms with van der Waals surface area (Å²) in [7, 11) is 4.05. The number of carbonyl (C=O) groups is 6. The second-order valence-corrected chi connectivity index (χ2v) is 16.0. The van der Waals surface area contributed by atoms with Crippen LogP contribution in [0.4, 0.5) is 0 Å². The molecule has 0 fully saturated rings. The maximum atomic E-state index is 12.3. The summed E-state index contributed by atoms with van der Waals surface area (Å²) in [6.07, 6.45) is 26.1. The highest BCUT2D eigenvalue weighted by molar-refractivity contribution is 5.81. The van der Waals surface area contributed by atoms with Gasteiger partial charge in [-0.25, -0.2) is 4.79 Å². The van der Waals surface area contributed by atoms with E-state index in [4.69, 9.17) is 9.84 Å². The van der Waals surface area contributed by atoms with E-state index in [1.807, 2.05) is 61.2 Å². The number of aromatic amines is 1. The Morgan fingerprint density at radius 2 is 1.22 bits per heavy atom. The summed E-state index contributed by atoms with van der Waals surface area (Å²) >= 11 is 0. The van der Waals surface area contributed by atoms with E-state index in [1.54, 1.807) is 28.7 Å². The number of hydrogen-bond acceptors (Lipinski definition) is 13. The van der Waals surface area contributed by atoms with E-state index in [0.717, 1.165) is 72.4 Å². The van der Waals surface area contributed by atoms with Gasteiger partial charge in [0.1, 0.15) is 12.4 Å². The lowest BCUT2D eigenvalue weighted by Gasteiger charge is -2.20. The number of carboxylic acid groups (broad SMARTS) is 1. The number of carbonyl (C=O) groups excluding carboxylic acids is 5. The lowest BCUT2D eigenvalue weighted by molar-refractivity contribution is -0.150. The molecule has 7 rings (SSSR count). The van der Waals surface area contributed by atoms with Crippen LogP contribution in [0.25, 0.3) is 16.7 Å². The van der Waals surface area contributed by atoms with Crippen LogP contribution in [-0.2, 0) is 67.4 Å². The highest BCUT2D eigenvalue weighted by Gasteiger charge is 2.25. The molecule has 366 valence electrons. The second kappa shape index (κ2) is 29.5. The smallest absolute Gasteiger partial charge is 0.329 e. The summed E-state index contributed by atoms with van der Waals surface area (Å²) < 4.78 is 22.3. The van der Waals surface area contributed by atoms with E-state index < -0.39 is 11.9 Å². The fourth-order valence-corrected chi connectivity index (χ4v) is 7.37. The van der Waals surface area contributed by atoms with Gasteiger partial charge in [0.25, 0.3) is 0 Å². The number of esters is 4. The van der Waals surface area contributed by atoms with Gasteiger partial charge in [-0.05, 0) is 87.0 Å². The molecule has 3 unspecified atom stereocenters. The van der Waals surface area contributed by atoms with Gasteiger partial charge in [-0.15, -0.1) is 0 Å². The van der Waals surface area contributed by atoms with Gasteiger partial charge in [0.15, 0.2) is 0 Å². The third-order valence-corrected chi connectivity index (χ3v) is 11.5. The van der Waals surface area contributed by atoms with Crippen LogP contribution in [0.5, 0.6) is 0 Å². The maximum absolute atomic E-state index is 12.3. The standard InChI is InChI=1S/C21H24N2O4.C14H18N2O4.C11H14N2O.C4H6O2.CH4/c1-26-20(24)11-12-23-14-19(13-22-23)17-7-9-18(10-8-17)21(25)27-15-16-5-3-2-4-6-16;1-20-13(17)6-7-16-9-12(8-15-16)10-2-4-11(5-3-10)14(18)19;1-8(14)9-2-4-10(5-3-9)11-6-12-13-7-11;1-3-4(5)6-2;/h2-7,13-14,18H,8-12,15H2,1H3;2,8-9,11H,3-7H2,1H3,(H,18,19);4,6-7,9H,2-3,5H2,1H3,(H,12,13);3H,1H2,2H3;1H4. The number of ketones is 1. The van der Waals surface area contributed by atoms with Crippen LogP contribution >= 0.6 is 0 Å². The van der Waals surface area contributed by atoms with Crippen molar-refractivity contribution in [3.63, 3.8) is 0 Å². The summed E-state index contributed by atoms with van der Waals surface area (Å²) in [5.74, 6) is -1.57. The number of allylic oxidation sites excluding steroid dienone is 6. The molecule has 0 saturated carbocycles. The Kier molecular flexibility index (Phi) is 23.9.